The van der Waals surface area contributed by atoms with E-state index in [4.69, 9.17) is 4.42 Å². The Morgan fingerprint density at radius 3 is 2.68 bits per heavy atom. The van der Waals surface area contributed by atoms with E-state index in [0.29, 0.717) is 5.56 Å². The van der Waals surface area contributed by atoms with Crippen molar-refractivity contribution in [3.8, 4) is 11.5 Å². The summed E-state index contributed by atoms with van der Waals surface area (Å²) in [5.41, 5.74) is 1.44. The Balaban J connectivity index is 1.62. The molecule has 0 saturated heterocycles. The number of carbonyl (C=O) groups excluding carboxylic acids is 1. The van der Waals surface area contributed by atoms with Crippen molar-refractivity contribution in [2.45, 2.75) is 18.2 Å². The predicted octanol–water partition coefficient (Wildman–Crippen LogP) is 3.96. The molecule has 0 aliphatic heterocycles. The van der Waals surface area contributed by atoms with Crippen LogP contribution in [0.15, 0.2) is 64.2 Å². The smallest absolute Gasteiger partial charge is 0.277 e. The molecule has 1 atom stereocenters. The number of nitro benzene ring substituents is 1. The number of nitro groups is 1. The van der Waals surface area contributed by atoms with E-state index in [1.54, 1.807) is 24.1 Å². The Hall–Kier alpha value is -3.20. The number of carbonyl (C=O) groups is 1. The SMILES string of the molecule is C[C@H](c1ccccc1)N(C)C(=O)CSc1nnc(-c2cccc([N+](=O)[O-])c2)o1. The summed E-state index contributed by atoms with van der Waals surface area (Å²) in [6.07, 6.45) is 0. The van der Waals surface area contributed by atoms with E-state index in [1.165, 1.54) is 12.1 Å². The maximum atomic E-state index is 12.5. The summed E-state index contributed by atoms with van der Waals surface area (Å²) >= 11 is 1.13. The number of aromatic nitrogens is 2. The summed E-state index contributed by atoms with van der Waals surface area (Å²) in [6, 6.07) is 15.7. The van der Waals surface area contributed by atoms with E-state index in [0.717, 1.165) is 17.3 Å². The third kappa shape index (κ3) is 4.55. The van der Waals surface area contributed by atoms with Crippen LogP contribution in [0.4, 0.5) is 5.69 Å². The molecule has 0 radical (unpaired) electrons. The van der Waals surface area contributed by atoms with Gasteiger partial charge in [-0.3, -0.25) is 14.9 Å². The molecule has 0 bridgehead atoms. The lowest BCUT2D eigenvalue weighted by atomic mass is 10.1. The van der Waals surface area contributed by atoms with Crippen molar-refractivity contribution in [3.05, 3.63) is 70.3 Å². The van der Waals surface area contributed by atoms with Crippen molar-refractivity contribution in [1.82, 2.24) is 15.1 Å². The van der Waals surface area contributed by atoms with E-state index < -0.39 is 4.92 Å². The van der Waals surface area contributed by atoms with Gasteiger partial charge >= 0.3 is 0 Å². The fourth-order valence-electron chi connectivity index (χ4n) is 2.53. The summed E-state index contributed by atoms with van der Waals surface area (Å²) in [5.74, 6) is 0.241. The minimum atomic E-state index is -0.488. The Kier molecular flexibility index (Phi) is 6.05. The van der Waals surface area contributed by atoms with E-state index in [2.05, 4.69) is 10.2 Å². The van der Waals surface area contributed by atoms with Crippen molar-refractivity contribution in [3.63, 3.8) is 0 Å². The second-order valence-corrected chi connectivity index (χ2v) is 6.99. The third-order valence-corrected chi connectivity index (χ3v) is 5.09. The van der Waals surface area contributed by atoms with Crippen LogP contribution in [-0.4, -0.2) is 38.7 Å². The Morgan fingerprint density at radius 1 is 1.21 bits per heavy atom. The van der Waals surface area contributed by atoms with Gasteiger partial charge in [-0.15, -0.1) is 10.2 Å². The molecular weight excluding hydrogens is 380 g/mol. The first-order valence-corrected chi connectivity index (χ1v) is 9.46. The highest BCUT2D eigenvalue weighted by atomic mass is 32.2. The maximum absolute atomic E-state index is 12.5. The molecule has 1 amide bonds. The van der Waals surface area contributed by atoms with E-state index >= 15 is 0 Å². The molecule has 0 N–H and O–H groups in total. The number of nitrogens with zero attached hydrogens (tertiary/aromatic N) is 4. The topological polar surface area (TPSA) is 102 Å². The zero-order valence-corrected chi connectivity index (χ0v) is 16.1. The highest BCUT2D eigenvalue weighted by molar-refractivity contribution is 7.99. The summed E-state index contributed by atoms with van der Waals surface area (Å²) in [7, 11) is 1.75. The van der Waals surface area contributed by atoms with Gasteiger partial charge in [-0.25, -0.2) is 0 Å². The first-order chi connectivity index (χ1) is 13.5. The highest BCUT2D eigenvalue weighted by Gasteiger charge is 2.19. The second kappa shape index (κ2) is 8.66. The molecule has 0 unspecified atom stereocenters. The number of hydrogen-bond acceptors (Lipinski definition) is 7. The van der Waals surface area contributed by atoms with Crippen LogP contribution in [0.3, 0.4) is 0 Å². The Labute approximate surface area is 165 Å². The van der Waals surface area contributed by atoms with Gasteiger partial charge in [0.1, 0.15) is 0 Å². The Morgan fingerprint density at radius 2 is 1.96 bits per heavy atom. The number of thioether (sulfide) groups is 1. The number of non-ortho nitro benzene ring substituents is 1. The van der Waals surface area contributed by atoms with Crippen LogP contribution >= 0.6 is 11.8 Å². The lowest BCUT2D eigenvalue weighted by molar-refractivity contribution is -0.384. The molecule has 144 valence electrons. The third-order valence-electron chi connectivity index (χ3n) is 4.29. The molecule has 2 aromatic carbocycles. The van der Waals surface area contributed by atoms with Crippen LogP contribution in [0.2, 0.25) is 0 Å². The number of hydrogen-bond donors (Lipinski definition) is 0. The predicted molar refractivity (Wildman–Crippen MR) is 105 cm³/mol. The lowest BCUT2D eigenvalue weighted by Gasteiger charge is -2.25. The van der Waals surface area contributed by atoms with Gasteiger partial charge in [0, 0.05) is 24.7 Å². The molecule has 3 rings (SSSR count). The summed E-state index contributed by atoms with van der Waals surface area (Å²) in [6.45, 7) is 1.96. The van der Waals surface area contributed by atoms with E-state index in [1.807, 2.05) is 37.3 Å². The average molecular weight is 398 g/mol. The molecule has 1 aromatic heterocycles. The van der Waals surface area contributed by atoms with Crippen molar-refractivity contribution in [2.75, 3.05) is 12.8 Å². The molecule has 3 aromatic rings. The number of amides is 1. The van der Waals surface area contributed by atoms with Gasteiger partial charge in [0.25, 0.3) is 10.9 Å². The quantitative estimate of drug-likeness (QED) is 0.337. The number of benzene rings is 2. The van der Waals surface area contributed by atoms with Gasteiger partial charge in [-0.2, -0.15) is 0 Å². The van der Waals surface area contributed by atoms with Gasteiger partial charge in [0.15, 0.2) is 0 Å². The Bertz CT molecular complexity index is 977. The first kappa shape index (κ1) is 19.6. The van der Waals surface area contributed by atoms with E-state index in [-0.39, 0.29) is 34.5 Å². The molecule has 0 aliphatic rings. The van der Waals surface area contributed by atoms with Crippen LogP contribution in [0.25, 0.3) is 11.5 Å². The van der Waals surface area contributed by atoms with Gasteiger partial charge in [0.2, 0.25) is 11.8 Å². The normalized spacial score (nSPS) is 11.8. The van der Waals surface area contributed by atoms with Crippen molar-refractivity contribution in [1.29, 1.82) is 0 Å². The van der Waals surface area contributed by atoms with Crippen LogP contribution in [0.1, 0.15) is 18.5 Å². The highest BCUT2D eigenvalue weighted by Crippen LogP contribution is 2.26. The monoisotopic (exact) mass is 398 g/mol. The molecule has 0 spiro atoms. The molecule has 9 heteroatoms. The maximum Gasteiger partial charge on any atom is 0.277 e. The van der Waals surface area contributed by atoms with Crippen LogP contribution in [0.5, 0.6) is 0 Å². The molecular formula is C19H18N4O4S. The minimum Gasteiger partial charge on any atom is -0.411 e. The van der Waals surface area contributed by atoms with E-state index in [9.17, 15) is 14.9 Å². The fraction of sp³-hybridized carbons (Fsp3) is 0.211. The molecule has 0 fully saturated rings. The zero-order valence-electron chi connectivity index (χ0n) is 15.3. The molecule has 8 nitrogen and oxygen atoms in total. The van der Waals surface area contributed by atoms with Crippen LogP contribution < -0.4 is 0 Å². The standard InChI is InChI=1S/C19H18N4O4S/c1-13(14-7-4-3-5-8-14)22(2)17(24)12-28-19-21-20-18(27-19)15-9-6-10-16(11-15)23(25)26/h3-11,13H,12H2,1-2H3/t13-/m1/s1. The largest absolute Gasteiger partial charge is 0.411 e. The lowest BCUT2D eigenvalue weighted by Crippen LogP contribution is -2.31. The van der Waals surface area contributed by atoms with Crippen LogP contribution in [-0.2, 0) is 4.79 Å². The molecule has 0 aliphatic carbocycles. The molecule has 1 heterocycles. The van der Waals surface area contributed by atoms with Gasteiger partial charge < -0.3 is 9.32 Å². The van der Waals surface area contributed by atoms with Crippen molar-refractivity contribution in [2.24, 2.45) is 0 Å². The zero-order chi connectivity index (χ0) is 20.1. The summed E-state index contributed by atoms with van der Waals surface area (Å²) < 4.78 is 5.53. The summed E-state index contributed by atoms with van der Waals surface area (Å²) in [4.78, 5) is 24.5. The fourth-order valence-corrected chi connectivity index (χ4v) is 3.22. The van der Waals surface area contributed by atoms with Gasteiger partial charge in [-0.05, 0) is 18.6 Å². The number of rotatable bonds is 7. The summed E-state index contributed by atoms with van der Waals surface area (Å²) in [5, 5.41) is 18.9. The van der Waals surface area contributed by atoms with Crippen LogP contribution in [0, 0.1) is 10.1 Å². The minimum absolute atomic E-state index is 0.0579. The molecule has 0 saturated carbocycles. The first-order valence-electron chi connectivity index (χ1n) is 8.47. The van der Waals surface area contributed by atoms with Crippen molar-refractivity contribution >= 4 is 23.4 Å². The van der Waals surface area contributed by atoms with Crippen molar-refractivity contribution < 1.29 is 14.1 Å². The molecule has 28 heavy (non-hydrogen) atoms. The second-order valence-electron chi connectivity index (χ2n) is 6.06. The van der Waals surface area contributed by atoms with Gasteiger partial charge in [0.05, 0.1) is 16.7 Å². The average Bonchev–Trinajstić information content (AvgIpc) is 3.20. The van der Waals surface area contributed by atoms with Gasteiger partial charge in [-0.1, -0.05) is 48.2 Å².